The Morgan fingerprint density at radius 3 is 2.66 bits per heavy atom. The topological polar surface area (TPSA) is 109 Å². The lowest BCUT2D eigenvalue weighted by atomic mass is 10.1. The van der Waals surface area contributed by atoms with Crippen LogP contribution in [-0.4, -0.2) is 74.6 Å². The van der Waals surface area contributed by atoms with Gasteiger partial charge in [-0.25, -0.2) is 0 Å². The second kappa shape index (κ2) is 12.2. The van der Waals surface area contributed by atoms with Crippen LogP contribution in [0.15, 0.2) is 18.2 Å². The van der Waals surface area contributed by atoms with Crippen molar-refractivity contribution in [1.82, 2.24) is 20.9 Å². The molecule has 0 unspecified atom stereocenters. The first-order chi connectivity index (χ1) is 17.0. The van der Waals surface area contributed by atoms with E-state index in [1.54, 1.807) is 7.11 Å². The summed E-state index contributed by atoms with van der Waals surface area (Å²) in [5, 5.41) is 9.25. The molecule has 0 aromatic heterocycles. The van der Waals surface area contributed by atoms with E-state index in [2.05, 4.69) is 16.0 Å². The van der Waals surface area contributed by atoms with Gasteiger partial charge in [0.1, 0.15) is 6.10 Å². The number of hydrogen-bond acceptors (Lipinski definition) is 6. The van der Waals surface area contributed by atoms with Crippen LogP contribution >= 0.6 is 0 Å². The van der Waals surface area contributed by atoms with Gasteiger partial charge in [0.05, 0.1) is 13.2 Å². The molecule has 4 aliphatic rings. The van der Waals surface area contributed by atoms with Crippen molar-refractivity contribution in [2.75, 3.05) is 39.8 Å². The molecule has 1 aromatic carbocycles. The Morgan fingerprint density at radius 1 is 1.06 bits per heavy atom. The molecule has 35 heavy (non-hydrogen) atoms. The minimum atomic E-state index is -0.283. The summed E-state index contributed by atoms with van der Waals surface area (Å²) in [7, 11) is 1.60. The van der Waals surface area contributed by atoms with Crippen molar-refractivity contribution in [3.63, 3.8) is 0 Å². The van der Waals surface area contributed by atoms with Crippen LogP contribution in [-0.2, 0) is 20.8 Å². The van der Waals surface area contributed by atoms with E-state index < -0.39 is 0 Å². The SMILES string of the molecule is COc1cc2ccc1O[C@@H]1CN[C@@H](C1)C(=O)NCCCCN(C(=O)C1CC1)CCCNC(=O)CC2. The Kier molecular flexibility index (Phi) is 8.84. The molecule has 2 atom stereocenters. The summed E-state index contributed by atoms with van der Waals surface area (Å²) in [6.45, 7) is 3.05. The second-order valence-electron chi connectivity index (χ2n) is 9.72. The highest BCUT2D eigenvalue weighted by Gasteiger charge is 2.33. The predicted molar refractivity (Wildman–Crippen MR) is 131 cm³/mol. The number of hydrogen-bond donors (Lipinski definition) is 3. The van der Waals surface area contributed by atoms with E-state index in [0.29, 0.717) is 63.5 Å². The average Bonchev–Trinajstić information content (AvgIpc) is 3.61. The first kappa shape index (κ1) is 25.3. The molecule has 0 radical (unpaired) electrons. The predicted octanol–water partition coefficient (Wildman–Crippen LogP) is 1.39. The van der Waals surface area contributed by atoms with Crippen LogP contribution in [0.4, 0.5) is 0 Å². The molecule has 192 valence electrons. The molecule has 1 aliphatic carbocycles. The zero-order chi connectivity index (χ0) is 24.6. The highest BCUT2D eigenvalue weighted by Crippen LogP contribution is 2.32. The number of nitrogens with zero attached hydrogens (tertiary/aromatic N) is 1. The van der Waals surface area contributed by atoms with E-state index in [1.165, 1.54) is 0 Å². The smallest absolute Gasteiger partial charge is 0.237 e. The van der Waals surface area contributed by atoms with Gasteiger partial charge in [0.15, 0.2) is 11.5 Å². The zero-order valence-corrected chi connectivity index (χ0v) is 20.6. The van der Waals surface area contributed by atoms with Crippen molar-refractivity contribution in [1.29, 1.82) is 0 Å². The summed E-state index contributed by atoms with van der Waals surface area (Å²) in [6, 6.07) is 5.44. The number of aryl methyl sites for hydroxylation is 1. The van der Waals surface area contributed by atoms with Gasteiger partial charge in [-0.2, -0.15) is 0 Å². The molecule has 4 bridgehead atoms. The Balaban J connectivity index is 1.39. The van der Waals surface area contributed by atoms with Crippen molar-refractivity contribution < 1.29 is 23.9 Å². The van der Waals surface area contributed by atoms with Crippen molar-refractivity contribution in [2.24, 2.45) is 5.92 Å². The quantitative estimate of drug-likeness (QED) is 0.583. The summed E-state index contributed by atoms with van der Waals surface area (Å²) < 4.78 is 11.7. The van der Waals surface area contributed by atoms with Gasteiger partial charge in [-0.1, -0.05) is 6.07 Å². The normalized spacial score (nSPS) is 25.0. The summed E-state index contributed by atoms with van der Waals surface area (Å²) in [5.74, 6) is 1.66. The number of carbonyl (C=O) groups is 3. The molecule has 3 aliphatic heterocycles. The van der Waals surface area contributed by atoms with Crippen LogP contribution in [0.2, 0.25) is 0 Å². The first-order valence-electron chi connectivity index (χ1n) is 12.9. The molecule has 9 nitrogen and oxygen atoms in total. The van der Waals surface area contributed by atoms with Gasteiger partial charge in [-0.3, -0.25) is 14.4 Å². The van der Waals surface area contributed by atoms with Gasteiger partial charge in [0, 0.05) is 51.5 Å². The van der Waals surface area contributed by atoms with E-state index in [0.717, 1.165) is 37.7 Å². The Labute approximate surface area is 207 Å². The van der Waals surface area contributed by atoms with Gasteiger partial charge >= 0.3 is 0 Å². The van der Waals surface area contributed by atoms with Crippen molar-refractivity contribution in [2.45, 2.75) is 63.5 Å². The number of rotatable bonds is 2. The number of methoxy groups -OCH3 is 1. The van der Waals surface area contributed by atoms with Crippen molar-refractivity contribution in [3.05, 3.63) is 23.8 Å². The van der Waals surface area contributed by atoms with Crippen LogP contribution in [0.25, 0.3) is 0 Å². The third-order valence-electron chi connectivity index (χ3n) is 6.89. The Hall–Kier alpha value is -2.81. The fraction of sp³-hybridized carbons (Fsp3) is 0.654. The minimum Gasteiger partial charge on any atom is -0.493 e. The molecule has 3 heterocycles. The molecular formula is C26H38N4O5. The van der Waals surface area contributed by atoms with Crippen LogP contribution in [0.1, 0.15) is 50.5 Å². The van der Waals surface area contributed by atoms with E-state index in [4.69, 9.17) is 9.47 Å². The highest BCUT2D eigenvalue weighted by molar-refractivity contribution is 5.82. The first-order valence-corrected chi connectivity index (χ1v) is 12.9. The number of ether oxygens (including phenoxy) is 2. The Morgan fingerprint density at radius 2 is 1.86 bits per heavy atom. The minimum absolute atomic E-state index is 0.00492. The van der Waals surface area contributed by atoms with E-state index in [9.17, 15) is 14.4 Å². The molecule has 1 aromatic rings. The van der Waals surface area contributed by atoms with Crippen LogP contribution < -0.4 is 25.4 Å². The molecule has 2 fully saturated rings. The largest absolute Gasteiger partial charge is 0.493 e. The van der Waals surface area contributed by atoms with Gasteiger partial charge < -0.3 is 30.3 Å². The third-order valence-corrected chi connectivity index (χ3v) is 6.89. The number of benzene rings is 1. The van der Waals surface area contributed by atoms with Crippen LogP contribution in [0, 0.1) is 5.92 Å². The lowest BCUT2D eigenvalue weighted by Crippen LogP contribution is -2.41. The lowest BCUT2D eigenvalue weighted by Gasteiger charge is -2.23. The molecule has 3 N–H and O–H groups in total. The van der Waals surface area contributed by atoms with Gasteiger partial charge in [0.25, 0.3) is 0 Å². The molecular weight excluding hydrogens is 448 g/mol. The molecule has 3 amide bonds. The van der Waals surface area contributed by atoms with Gasteiger partial charge in [0.2, 0.25) is 17.7 Å². The second-order valence-corrected chi connectivity index (χ2v) is 9.72. The fourth-order valence-electron chi connectivity index (χ4n) is 4.66. The molecule has 9 heteroatoms. The maximum absolute atomic E-state index is 12.7. The number of amides is 3. The average molecular weight is 487 g/mol. The lowest BCUT2D eigenvalue weighted by molar-refractivity contribution is -0.132. The highest BCUT2D eigenvalue weighted by atomic mass is 16.5. The third kappa shape index (κ3) is 7.34. The van der Waals surface area contributed by atoms with Crippen LogP contribution in [0.3, 0.4) is 0 Å². The van der Waals surface area contributed by atoms with Gasteiger partial charge in [-0.05, 0) is 56.2 Å². The molecule has 1 saturated heterocycles. The monoisotopic (exact) mass is 486 g/mol. The number of nitrogens with one attached hydrogen (secondary N) is 3. The maximum Gasteiger partial charge on any atom is 0.237 e. The summed E-state index contributed by atoms with van der Waals surface area (Å²) >= 11 is 0. The number of carbonyl (C=O) groups excluding carboxylic acids is 3. The summed E-state index contributed by atoms with van der Waals surface area (Å²) in [4.78, 5) is 39.6. The van der Waals surface area contributed by atoms with E-state index >= 15 is 0 Å². The van der Waals surface area contributed by atoms with Crippen LogP contribution in [0.5, 0.6) is 11.5 Å². The fourth-order valence-corrected chi connectivity index (χ4v) is 4.66. The maximum atomic E-state index is 12.7. The number of fused-ring (bicyclic) bond motifs is 15. The van der Waals surface area contributed by atoms with E-state index in [-0.39, 0.29) is 35.8 Å². The summed E-state index contributed by atoms with van der Waals surface area (Å²) in [5.41, 5.74) is 0.995. The Bertz CT molecular complexity index is 904. The van der Waals surface area contributed by atoms with E-state index in [1.807, 2.05) is 23.1 Å². The molecule has 1 saturated carbocycles. The standard InChI is InChI=1S/C26H38N4O5/c1-34-23-15-18-5-9-22(23)35-20-16-21(29-17-20)25(32)28-11-2-3-13-30(26(33)19-7-8-19)14-4-12-27-24(31)10-6-18/h5,9,15,19-21,29H,2-4,6-8,10-14,16-17H2,1H3,(H,27,31)(H,28,32)/t20-,21-/m0/s1. The molecule has 0 spiro atoms. The van der Waals surface area contributed by atoms with Crippen molar-refractivity contribution >= 4 is 17.7 Å². The summed E-state index contributed by atoms with van der Waals surface area (Å²) in [6.07, 6.45) is 5.78. The van der Waals surface area contributed by atoms with Gasteiger partial charge in [-0.15, -0.1) is 0 Å². The molecule has 5 rings (SSSR count). The zero-order valence-electron chi connectivity index (χ0n) is 20.6. The van der Waals surface area contributed by atoms with Crippen molar-refractivity contribution in [3.8, 4) is 11.5 Å².